The van der Waals surface area contributed by atoms with Crippen molar-refractivity contribution in [2.24, 2.45) is 5.73 Å². The number of H-pyrrole nitrogens is 1. The standard InChI is InChI=1S/C21H22FN7O/c1-12-8-19(26-20-10-18(28-29-20)14-2-3-14)27-21(25-12)24-11-16(30)9-17(23)13-4-6-15(22)7-5-13/h4-10,14H,2-3,11,23H2,1H3,(H3,24,25,26,27,28,29)/b17-9-. The van der Waals surface area contributed by atoms with Gasteiger partial charge < -0.3 is 16.4 Å². The molecule has 9 heteroatoms. The number of anilines is 3. The molecular formula is C21H22FN7O. The van der Waals surface area contributed by atoms with Gasteiger partial charge in [-0.25, -0.2) is 9.37 Å². The SMILES string of the molecule is Cc1cc(Nc2cc(C3CC3)[nH]n2)nc(NCC(=O)/C=C(\N)c2ccc(F)cc2)n1. The van der Waals surface area contributed by atoms with Crippen LogP contribution in [0.25, 0.3) is 5.70 Å². The van der Waals surface area contributed by atoms with Gasteiger partial charge in [0.25, 0.3) is 0 Å². The highest BCUT2D eigenvalue weighted by Gasteiger charge is 2.25. The second kappa shape index (κ2) is 8.32. The summed E-state index contributed by atoms with van der Waals surface area (Å²) in [5.74, 6) is 1.55. The fourth-order valence-electron chi connectivity index (χ4n) is 2.96. The maximum absolute atomic E-state index is 13.0. The van der Waals surface area contributed by atoms with Gasteiger partial charge in [0.05, 0.1) is 6.54 Å². The van der Waals surface area contributed by atoms with Crippen molar-refractivity contribution in [1.82, 2.24) is 20.2 Å². The van der Waals surface area contributed by atoms with E-state index in [0.29, 0.717) is 29.1 Å². The van der Waals surface area contributed by atoms with Crippen LogP contribution in [0.2, 0.25) is 0 Å². The molecule has 0 spiro atoms. The third-order valence-electron chi connectivity index (χ3n) is 4.64. The number of rotatable bonds is 8. The summed E-state index contributed by atoms with van der Waals surface area (Å²) in [6, 6.07) is 9.40. The molecule has 4 rings (SSSR count). The van der Waals surface area contributed by atoms with Crippen LogP contribution in [0, 0.1) is 12.7 Å². The van der Waals surface area contributed by atoms with Crippen LogP contribution >= 0.6 is 0 Å². The van der Waals surface area contributed by atoms with Crippen LogP contribution in [-0.4, -0.2) is 32.5 Å². The number of hydrogen-bond acceptors (Lipinski definition) is 7. The second-order valence-electron chi connectivity index (χ2n) is 7.25. The van der Waals surface area contributed by atoms with Crippen molar-refractivity contribution >= 4 is 29.1 Å². The summed E-state index contributed by atoms with van der Waals surface area (Å²) in [6.45, 7) is 1.81. The van der Waals surface area contributed by atoms with Crippen molar-refractivity contribution in [3.63, 3.8) is 0 Å². The molecule has 0 amide bonds. The second-order valence-corrected chi connectivity index (χ2v) is 7.25. The van der Waals surface area contributed by atoms with Crippen LogP contribution in [0.4, 0.5) is 22.0 Å². The molecule has 1 saturated carbocycles. The molecule has 3 aromatic rings. The molecule has 1 aliphatic rings. The minimum absolute atomic E-state index is 0.0287. The van der Waals surface area contributed by atoms with Gasteiger partial charge in [-0.15, -0.1) is 0 Å². The zero-order valence-corrected chi connectivity index (χ0v) is 16.4. The van der Waals surface area contributed by atoms with Crippen LogP contribution in [0.5, 0.6) is 0 Å². The van der Waals surface area contributed by atoms with Gasteiger partial charge in [-0.3, -0.25) is 9.89 Å². The molecule has 0 radical (unpaired) electrons. The fourth-order valence-corrected chi connectivity index (χ4v) is 2.96. The Hall–Kier alpha value is -3.75. The normalized spacial score (nSPS) is 13.9. The number of nitrogens with two attached hydrogens (primary N) is 1. The van der Waals surface area contributed by atoms with Crippen LogP contribution in [0.3, 0.4) is 0 Å². The summed E-state index contributed by atoms with van der Waals surface area (Å²) in [4.78, 5) is 20.9. The van der Waals surface area contributed by atoms with Gasteiger partial charge in [0.15, 0.2) is 11.6 Å². The molecule has 1 aliphatic carbocycles. The Morgan fingerprint density at radius 3 is 2.73 bits per heavy atom. The molecule has 2 aromatic heterocycles. The molecule has 5 N–H and O–H groups in total. The van der Waals surface area contributed by atoms with Gasteiger partial charge in [-0.2, -0.15) is 10.1 Å². The average molecular weight is 407 g/mol. The number of hydrogen-bond donors (Lipinski definition) is 4. The first-order chi connectivity index (χ1) is 14.5. The van der Waals surface area contributed by atoms with E-state index in [0.717, 1.165) is 11.4 Å². The lowest BCUT2D eigenvalue weighted by atomic mass is 10.1. The molecule has 0 unspecified atom stereocenters. The molecule has 154 valence electrons. The number of aromatic amines is 1. The lowest BCUT2D eigenvalue weighted by Gasteiger charge is -2.08. The van der Waals surface area contributed by atoms with Gasteiger partial charge in [0.2, 0.25) is 5.95 Å². The summed E-state index contributed by atoms with van der Waals surface area (Å²) in [6.07, 6.45) is 3.69. The molecule has 30 heavy (non-hydrogen) atoms. The molecule has 1 fully saturated rings. The van der Waals surface area contributed by atoms with Gasteiger partial charge in [-0.05, 0) is 37.5 Å². The van der Waals surface area contributed by atoms with Crippen molar-refractivity contribution < 1.29 is 9.18 Å². The Morgan fingerprint density at radius 1 is 1.23 bits per heavy atom. The summed E-state index contributed by atoms with van der Waals surface area (Å²) < 4.78 is 13.0. The predicted octanol–water partition coefficient (Wildman–Crippen LogP) is 3.25. The van der Waals surface area contributed by atoms with Crippen molar-refractivity contribution in [2.75, 3.05) is 17.2 Å². The van der Waals surface area contributed by atoms with Crippen LogP contribution in [0.15, 0.2) is 42.5 Å². The van der Waals surface area contributed by atoms with Crippen LogP contribution in [-0.2, 0) is 4.79 Å². The maximum Gasteiger partial charge on any atom is 0.225 e. The highest BCUT2D eigenvalue weighted by Crippen LogP contribution is 2.39. The summed E-state index contributed by atoms with van der Waals surface area (Å²) in [7, 11) is 0. The monoisotopic (exact) mass is 407 g/mol. The van der Waals surface area contributed by atoms with Gasteiger partial charge >= 0.3 is 0 Å². The summed E-state index contributed by atoms with van der Waals surface area (Å²) in [5, 5.41) is 13.4. The molecule has 0 aliphatic heterocycles. The number of nitrogens with zero attached hydrogens (tertiary/aromatic N) is 3. The van der Waals surface area contributed by atoms with E-state index in [2.05, 4.69) is 30.8 Å². The quantitative estimate of drug-likeness (QED) is 0.423. The first-order valence-electron chi connectivity index (χ1n) is 9.64. The largest absolute Gasteiger partial charge is 0.398 e. The van der Waals surface area contributed by atoms with E-state index >= 15 is 0 Å². The first kappa shape index (κ1) is 19.6. The Bertz CT molecular complexity index is 1090. The number of aryl methyl sites for hydroxylation is 1. The first-order valence-corrected chi connectivity index (χ1v) is 9.64. The number of carbonyl (C=O) groups is 1. The molecule has 0 bridgehead atoms. The third-order valence-corrected chi connectivity index (χ3v) is 4.64. The van der Waals surface area contributed by atoms with Crippen molar-refractivity contribution in [3.05, 3.63) is 65.2 Å². The minimum Gasteiger partial charge on any atom is -0.398 e. The van der Waals surface area contributed by atoms with Gasteiger partial charge in [-0.1, -0.05) is 12.1 Å². The lowest BCUT2D eigenvalue weighted by Crippen LogP contribution is -2.15. The average Bonchev–Trinajstić information content (AvgIpc) is 3.46. The zero-order chi connectivity index (χ0) is 21.1. The minimum atomic E-state index is -0.362. The highest BCUT2D eigenvalue weighted by atomic mass is 19.1. The van der Waals surface area contributed by atoms with E-state index in [1.807, 2.05) is 13.0 Å². The van der Waals surface area contributed by atoms with Crippen molar-refractivity contribution in [1.29, 1.82) is 0 Å². The topological polar surface area (TPSA) is 122 Å². The molecule has 0 atom stereocenters. The van der Waals surface area contributed by atoms with Crippen LogP contribution in [0.1, 0.15) is 35.7 Å². The van der Waals surface area contributed by atoms with E-state index in [1.54, 1.807) is 6.07 Å². The number of halogens is 1. The zero-order valence-electron chi connectivity index (χ0n) is 16.4. The van der Waals surface area contributed by atoms with E-state index in [9.17, 15) is 9.18 Å². The molecule has 0 saturated heterocycles. The molecule has 2 heterocycles. The van der Waals surface area contributed by atoms with E-state index < -0.39 is 0 Å². The number of nitrogens with one attached hydrogen (secondary N) is 3. The predicted molar refractivity (Wildman–Crippen MR) is 113 cm³/mol. The van der Waals surface area contributed by atoms with Gasteiger partial charge in [0, 0.05) is 41.2 Å². The van der Waals surface area contributed by atoms with Gasteiger partial charge in [0.1, 0.15) is 11.6 Å². The van der Waals surface area contributed by atoms with E-state index in [4.69, 9.17) is 5.73 Å². The number of ketones is 1. The lowest BCUT2D eigenvalue weighted by molar-refractivity contribution is -0.113. The molecule has 8 nitrogen and oxygen atoms in total. The number of carbonyl (C=O) groups excluding carboxylic acids is 1. The van der Waals surface area contributed by atoms with E-state index in [1.165, 1.54) is 43.2 Å². The Labute approximate surface area is 172 Å². The van der Waals surface area contributed by atoms with Crippen molar-refractivity contribution in [3.8, 4) is 0 Å². The molecule has 1 aromatic carbocycles. The Balaban J connectivity index is 1.38. The molecular weight excluding hydrogens is 385 g/mol. The third kappa shape index (κ3) is 4.99. The smallest absolute Gasteiger partial charge is 0.225 e. The highest BCUT2D eigenvalue weighted by molar-refractivity contribution is 5.98. The van der Waals surface area contributed by atoms with E-state index in [-0.39, 0.29) is 23.8 Å². The van der Waals surface area contributed by atoms with Crippen molar-refractivity contribution in [2.45, 2.75) is 25.7 Å². The summed E-state index contributed by atoms with van der Waals surface area (Å²) >= 11 is 0. The fraction of sp³-hybridized carbons (Fsp3) is 0.238. The van der Waals surface area contributed by atoms with Crippen LogP contribution < -0.4 is 16.4 Å². The summed E-state index contributed by atoms with van der Waals surface area (Å²) in [5.41, 5.74) is 8.62. The number of aromatic nitrogens is 4. The Kier molecular flexibility index (Phi) is 5.42. The maximum atomic E-state index is 13.0. The Morgan fingerprint density at radius 2 is 2.00 bits per heavy atom. The number of benzene rings is 1.